The van der Waals surface area contributed by atoms with Crippen LogP contribution in [0.1, 0.15) is 6.42 Å². The van der Waals surface area contributed by atoms with E-state index in [0.29, 0.717) is 17.4 Å². The summed E-state index contributed by atoms with van der Waals surface area (Å²) in [6.07, 6.45) is 0.508. The van der Waals surface area contributed by atoms with Gasteiger partial charge < -0.3 is 4.90 Å². The van der Waals surface area contributed by atoms with Crippen LogP contribution in [0.3, 0.4) is 0 Å². The van der Waals surface area contributed by atoms with Crippen LogP contribution < -0.4 is 0 Å². The Morgan fingerprint density at radius 3 is 2.79 bits per heavy atom. The highest BCUT2D eigenvalue weighted by Gasteiger charge is 2.32. The van der Waals surface area contributed by atoms with Crippen LogP contribution in [0, 0.1) is 0 Å². The van der Waals surface area contributed by atoms with Crippen LogP contribution >= 0.6 is 11.8 Å². The van der Waals surface area contributed by atoms with E-state index in [1.54, 1.807) is 7.05 Å². The molecule has 1 aliphatic heterocycles. The number of aromatic nitrogens is 3. The van der Waals surface area contributed by atoms with Gasteiger partial charge in [0.1, 0.15) is 0 Å². The van der Waals surface area contributed by atoms with Gasteiger partial charge in [0, 0.05) is 18.7 Å². The number of H-pyrrole nitrogens is 1. The number of carbonyl (C=O) groups excluding carboxylic acids is 1. The van der Waals surface area contributed by atoms with E-state index < -0.39 is 9.84 Å². The Hall–Kier alpha value is -1.87. The van der Waals surface area contributed by atoms with Crippen LogP contribution in [0.15, 0.2) is 35.5 Å². The molecule has 0 spiro atoms. The topological polar surface area (TPSA) is 96.0 Å². The second kappa shape index (κ2) is 6.94. The summed E-state index contributed by atoms with van der Waals surface area (Å²) in [6, 6.07) is 9.38. The van der Waals surface area contributed by atoms with E-state index in [2.05, 4.69) is 15.2 Å². The minimum atomic E-state index is -3.00. The predicted molar refractivity (Wildman–Crippen MR) is 92.4 cm³/mol. The summed E-state index contributed by atoms with van der Waals surface area (Å²) >= 11 is 1.24. The largest absolute Gasteiger partial charge is 0.341 e. The lowest BCUT2D eigenvalue weighted by Crippen LogP contribution is -2.38. The fourth-order valence-electron chi connectivity index (χ4n) is 2.55. The van der Waals surface area contributed by atoms with Crippen molar-refractivity contribution in [2.24, 2.45) is 0 Å². The molecule has 0 radical (unpaired) electrons. The smallest absolute Gasteiger partial charge is 0.233 e. The van der Waals surface area contributed by atoms with Crippen molar-refractivity contribution in [3.05, 3.63) is 30.3 Å². The number of nitrogens with one attached hydrogen (secondary N) is 1. The average Bonchev–Trinajstić information content (AvgIpc) is 3.19. The number of sulfone groups is 1. The molecule has 7 nitrogen and oxygen atoms in total. The van der Waals surface area contributed by atoms with Crippen molar-refractivity contribution in [3.63, 3.8) is 0 Å². The molecule has 1 N–H and O–H groups in total. The Bertz CT molecular complexity index is 820. The van der Waals surface area contributed by atoms with Crippen LogP contribution in [0.4, 0.5) is 0 Å². The first kappa shape index (κ1) is 17.0. The van der Waals surface area contributed by atoms with Gasteiger partial charge in [-0.25, -0.2) is 13.4 Å². The molecule has 1 saturated heterocycles. The molecule has 1 aromatic heterocycles. The summed E-state index contributed by atoms with van der Waals surface area (Å²) in [6.45, 7) is 0. The second-order valence-corrected chi connectivity index (χ2v) is 8.85. The van der Waals surface area contributed by atoms with Gasteiger partial charge in [0.05, 0.1) is 17.3 Å². The highest BCUT2D eigenvalue weighted by molar-refractivity contribution is 7.99. The summed E-state index contributed by atoms with van der Waals surface area (Å²) < 4.78 is 23.0. The molecule has 2 heterocycles. The van der Waals surface area contributed by atoms with E-state index >= 15 is 0 Å². The summed E-state index contributed by atoms with van der Waals surface area (Å²) in [5.74, 6) is 0.927. The Morgan fingerprint density at radius 1 is 1.38 bits per heavy atom. The van der Waals surface area contributed by atoms with Crippen molar-refractivity contribution in [2.45, 2.75) is 17.6 Å². The third kappa shape index (κ3) is 3.96. The lowest BCUT2D eigenvalue weighted by atomic mass is 10.2. The number of thioether (sulfide) groups is 1. The number of benzene rings is 1. The molecule has 3 rings (SSSR count). The van der Waals surface area contributed by atoms with Gasteiger partial charge >= 0.3 is 0 Å². The van der Waals surface area contributed by atoms with E-state index in [0.717, 1.165) is 5.56 Å². The monoisotopic (exact) mass is 366 g/mol. The Labute approximate surface area is 144 Å². The fraction of sp³-hybridized carbons (Fsp3) is 0.400. The molecule has 0 saturated carbocycles. The zero-order chi connectivity index (χ0) is 17.2. The number of hydrogen-bond acceptors (Lipinski definition) is 6. The van der Waals surface area contributed by atoms with Crippen molar-refractivity contribution >= 4 is 27.5 Å². The first-order chi connectivity index (χ1) is 11.4. The number of nitrogens with zero attached hydrogens (tertiary/aromatic N) is 3. The SMILES string of the molecule is CN(C(=O)CSc1n[nH]c(-c2ccccc2)n1)C1CCS(=O)(=O)C1. The van der Waals surface area contributed by atoms with Crippen LogP contribution in [0.5, 0.6) is 0 Å². The normalized spacial score (nSPS) is 19.3. The van der Waals surface area contributed by atoms with Crippen LogP contribution in [0.2, 0.25) is 0 Å². The number of carbonyl (C=O) groups is 1. The van der Waals surface area contributed by atoms with Gasteiger partial charge in [0.25, 0.3) is 0 Å². The molecular formula is C15H18N4O3S2. The van der Waals surface area contributed by atoms with E-state index in [9.17, 15) is 13.2 Å². The highest BCUT2D eigenvalue weighted by Crippen LogP contribution is 2.21. The molecule has 0 bridgehead atoms. The van der Waals surface area contributed by atoms with Gasteiger partial charge in [0.2, 0.25) is 11.1 Å². The fourth-order valence-corrected chi connectivity index (χ4v) is 5.05. The van der Waals surface area contributed by atoms with Crippen molar-refractivity contribution in [2.75, 3.05) is 24.3 Å². The molecule has 0 aliphatic carbocycles. The van der Waals surface area contributed by atoms with Gasteiger partial charge in [-0.2, -0.15) is 0 Å². The number of hydrogen-bond donors (Lipinski definition) is 1. The number of rotatable bonds is 5. The molecule has 1 amide bonds. The quantitative estimate of drug-likeness (QED) is 0.799. The Morgan fingerprint density at radius 2 is 2.12 bits per heavy atom. The first-order valence-corrected chi connectivity index (χ1v) is 10.3. The molecule has 2 aromatic rings. The van der Waals surface area contributed by atoms with E-state index in [4.69, 9.17) is 0 Å². The van der Waals surface area contributed by atoms with E-state index in [1.807, 2.05) is 30.3 Å². The minimum Gasteiger partial charge on any atom is -0.341 e. The summed E-state index contributed by atoms with van der Waals surface area (Å²) in [5, 5.41) is 7.45. The van der Waals surface area contributed by atoms with Crippen LogP contribution in [0.25, 0.3) is 11.4 Å². The van der Waals surface area contributed by atoms with Crippen molar-refractivity contribution in [3.8, 4) is 11.4 Å². The molecule has 1 fully saturated rings. The maximum atomic E-state index is 12.2. The predicted octanol–water partition coefficient (Wildman–Crippen LogP) is 1.21. The molecule has 1 atom stereocenters. The Balaban J connectivity index is 1.56. The van der Waals surface area contributed by atoms with E-state index in [1.165, 1.54) is 16.7 Å². The zero-order valence-corrected chi connectivity index (χ0v) is 14.8. The lowest BCUT2D eigenvalue weighted by molar-refractivity contribution is -0.128. The van der Waals surface area contributed by atoms with Crippen molar-refractivity contribution in [1.82, 2.24) is 20.1 Å². The Kier molecular flexibility index (Phi) is 4.91. The summed E-state index contributed by atoms with van der Waals surface area (Å²) in [4.78, 5) is 18.1. The molecule has 1 unspecified atom stereocenters. The maximum absolute atomic E-state index is 12.2. The summed E-state index contributed by atoms with van der Waals surface area (Å²) in [5.41, 5.74) is 0.927. The van der Waals surface area contributed by atoms with Gasteiger partial charge in [-0.1, -0.05) is 42.1 Å². The molecular weight excluding hydrogens is 348 g/mol. The van der Waals surface area contributed by atoms with Gasteiger partial charge in [-0.15, -0.1) is 5.10 Å². The van der Waals surface area contributed by atoms with Crippen molar-refractivity contribution < 1.29 is 13.2 Å². The molecule has 24 heavy (non-hydrogen) atoms. The molecule has 1 aliphatic rings. The van der Waals surface area contributed by atoms with Gasteiger partial charge in [0.15, 0.2) is 15.7 Å². The van der Waals surface area contributed by atoms with Crippen molar-refractivity contribution in [1.29, 1.82) is 0 Å². The highest BCUT2D eigenvalue weighted by atomic mass is 32.2. The van der Waals surface area contributed by atoms with Gasteiger partial charge in [-0.3, -0.25) is 9.89 Å². The summed E-state index contributed by atoms with van der Waals surface area (Å²) in [7, 11) is -1.34. The number of amides is 1. The maximum Gasteiger partial charge on any atom is 0.233 e. The molecule has 1 aromatic carbocycles. The lowest BCUT2D eigenvalue weighted by Gasteiger charge is -2.22. The second-order valence-electron chi connectivity index (χ2n) is 5.68. The minimum absolute atomic E-state index is 0.0543. The molecule has 128 valence electrons. The first-order valence-electron chi connectivity index (χ1n) is 7.51. The third-order valence-electron chi connectivity index (χ3n) is 3.99. The number of aromatic amines is 1. The van der Waals surface area contributed by atoms with Crippen LogP contribution in [-0.2, 0) is 14.6 Å². The standard InChI is InChI=1S/C15H18N4O3S2/c1-19(12-7-8-24(21,22)10-12)13(20)9-23-15-16-14(17-18-15)11-5-3-2-4-6-11/h2-6,12H,7-10H2,1H3,(H,16,17,18). The molecule has 9 heteroatoms. The average molecular weight is 366 g/mol. The zero-order valence-electron chi connectivity index (χ0n) is 13.2. The van der Waals surface area contributed by atoms with E-state index in [-0.39, 0.29) is 29.2 Å². The third-order valence-corrected chi connectivity index (χ3v) is 6.57. The van der Waals surface area contributed by atoms with Gasteiger partial charge in [-0.05, 0) is 6.42 Å². The van der Waals surface area contributed by atoms with Crippen LogP contribution in [-0.4, -0.2) is 64.8 Å².